The first-order valence-electron chi connectivity index (χ1n) is 26.4. The Morgan fingerprint density at radius 2 is 1.33 bits per heavy atom. The molecular formula is C49H65ClF3N9O21P2. The molecule has 1 unspecified atom stereocenters. The number of halogens is 4. The maximum absolute atomic E-state index is 13.6. The first-order valence-corrected chi connectivity index (χ1v) is 30.3. The van der Waals surface area contributed by atoms with Crippen molar-refractivity contribution in [3.05, 3.63) is 82.8 Å². The van der Waals surface area contributed by atoms with Crippen LogP contribution < -0.4 is 19.7 Å². The number of ether oxygens (including phenoxy) is 11. The van der Waals surface area contributed by atoms with E-state index in [4.69, 9.17) is 73.3 Å². The number of nitrogens with zero attached hydrogens (tertiary/aromatic N) is 8. The summed E-state index contributed by atoms with van der Waals surface area (Å²) in [4.78, 5) is 63.1. The predicted molar refractivity (Wildman–Crippen MR) is 286 cm³/mol. The van der Waals surface area contributed by atoms with Crippen LogP contribution in [-0.2, 0) is 74.2 Å². The highest BCUT2D eigenvalue weighted by Crippen LogP contribution is 2.55. The monoisotopic (exact) mass is 1270 g/mol. The molecule has 2 saturated heterocycles. The van der Waals surface area contributed by atoms with E-state index in [1.165, 1.54) is 6.20 Å². The van der Waals surface area contributed by atoms with Crippen LogP contribution in [0.1, 0.15) is 28.7 Å². The lowest BCUT2D eigenvalue weighted by Crippen LogP contribution is -2.59. The third-order valence-electron chi connectivity index (χ3n) is 12.1. The number of esters is 1. The number of aliphatic hydroxyl groups excluding tert-OH is 2. The van der Waals surface area contributed by atoms with Crippen LogP contribution in [0.15, 0.2) is 48.8 Å². The topological polar surface area (TPSA) is 370 Å². The molecule has 3 aromatic heterocycles. The molecule has 1 amide bonds. The van der Waals surface area contributed by atoms with Crippen LogP contribution >= 0.6 is 26.8 Å². The Labute approximate surface area is 488 Å². The minimum absolute atomic E-state index is 0.0636. The molecule has 0 saturated carbocycles. The van der Waals surface area contributed by atoms with Crippen LogP contribution in [0.25, 0.3) is 11.0 Å². The highest BCUT2D eigenvalue weighted by molar-refractivity contribution is 7.70. The second-order valence-electron chi connectivity index (χ2n) is 18.6. The molecule has 470 valence electrons. The zero-order chi connectivity index (χ0) is 60.8. The number of benzene rings is 2. The van der Waals surface area contributed by atoms with Crippen LogP contribution in [0.5, 0.6) is 11.5 Å². The fourth-order valence-electron chi connectivity index (χ4n) is 7.99. The summed E-state index contributed by atoms with van der Waals surface area (Å²) in [5.41, 5.74) is 1.19. The molecule has 5 atom stereocenters. The average Bonchev–Trinajstić information content (AvgIpc) is 1.78. The molecule has 2 aliphatic rings. The number of aromatic nitrogens is 7. The van der Waals surface area contributed by atoms with Crippen molar-refractivity contribution in [2.24, 2.45) is 0 Å². The fraction of sp³-hybridized carbons (Fsp3) is 0.571. The quantitative estimate of drug-likeness (QED) is 0.0107. The first-order chi connectivity index (χ1) is 40.8. The standard InChI is InChI=1S/C49H65ClF3N9O21P2/c50-49-56-45(37-25-54-62(46(37)57-49)48-43(65)42(64)40(82-48)30-81-85(70,71)31-84(67,68)69)60-26-34(27-60)55-47(66)32-1-3-36(4-2-32)80-22-21-78-18-17-76-15-16-77-19-20-79-29-35-28-61(59-58-35)6-8-73-10-12-75-14-13-74-11-9-72-7-5-41(63)83-44-38(52)23-33(51)24-39(44)53/h1-4,23-25,28,34,40,42-43,48,64-65H,5-22,26-27,29-31H2,(H,55,66)(H,70,71)(H2,67,68,69)/t40-,42-,43-,48-/m1/s1. The zero-order valence-corrected chi connectivity index (χ0v) is 48.1. The molecule has 36 heteroatoms. The van der Waals surface area contributed by atoms with Gasteiger partial charge in [-0.05, 0) is 35.9 Å². The summed E-state index contributed by atoms with van der Waals surface area (Å²) in [5, 5.41) is 37.0. The molecule has 0 radical (unpaired) electrons. The molecule has 5 heterocycles. The number of rotatable bonds is 40. The Kier molecular flexibility index (Phi) is 26.6. The van der Waals surface area contributed by atoms with Crippen molar-refractivity contribution in [2.75, 3.05) is 136 Å². The summed E-state index contributed by atoms with van der Waals surface area (Å²) in [6.45, 7) is 5.51. The lowest BCUT2D eigenvalue weighted by Gasteiger charge is -2.40. The number of anilines is 1. The van der Waals surface area contributed by atoms with Gasteiger partial charge in [0.25, 0.3) is 5.91 Å². The first kappa shape index (κ1) is 67.1. The highest BCUT2D eigenvalue weighted by Gasteiger charge is 2.46. The number of carbonyl (C=O) groups excluding carboxylic acids is 2. The molecule has 2 fully saturated rings. The number of hydrogen-bond donors (Lipinski definition) is 6. The van der Waals surface area contributed by atoms with E-state index in [1.54, 1.807) is 35.1 Å². The molecule has 0 bridgehead atoms. The van der Waals surface area contributed by atoms with E-state index in [0.717, 1.165) is 4.68 Å². The van der Waals surface area contributed by atoms with Gasteiger partial charge in [-0.15, -0.1) is 5.10 Å². The van der Waals surface area contributed by atoms with Crippen molar-refractivity contribution in [1.29, 1.82) is 0 Å². The molecule has 6 N–H and O–H groups in total. The van der Waals surface area contributed by atoms with Crippen molar-refractivity contribution in [1.82, 2.24) is 40.1 Å². The minimum Gasteiger partial charge on any atom is -0.491 e. The molecular weight excluding hydrogens is 1200 g/mol. The van der Waals surface area contributed by atoms with E-state index in [-0.39, 0.29) is 62.3 Å². The molecule has 30 nitrogen and oxygen atoms in total. The van der Waals surface area contributed by atoms with E-state index in [9.17, 15) is 47.0 Å². The van der Waals surface area contributed by atoms with Crippen molar-refractivity contribution in [2.45, 2.75) is 50.2 Å². The van der Waals surface area contributed by atoms with Gasteiger partial charge in [0.1, 0.15) is 48.0 Å². The summed E-state index contributed by atoms with van der Waals surface area (Å²) in [6.07, 6.45) is -3.12. The van der Waals surface area contributed by atoms with E-state index >= 15 is 0 Å². The summed E-state index contributed by atoms with van der Waals surface area (Å²) < 4.78 is 131. The van der Waals surface area contributed by atoms with Crippen LogP contribution in [0.4, 0.5) is 19.0 Å². The fourth-order valence-corrected chi connectivity index (χ4v) is 10.7. The normalized spacial score (nSPS) is 18.0. The van der Waals surface area contributed by atoms with E-state index in [1.807, 2.05) is 4.90 Å². The molecule has 0 spiro atoms. The molecule has 2 aromatic carbocycles. The lowest BCUT2D eigenvalue weighted by molar-refractivity contribution is -0.136. The van der Waals surface area contributed by atoms with Crippen molar-refractivity contribution >= 4 is 55.5 Å². The highest BCUT2D eigenvalue weighted by atomic mass is 35.5. The molecule has 7 rings (SSSR count). The smallest absolute Gasteiger partial charge is 0.340 e. The van der Waals surface area contributed by atoms with E-state index in [2.05, 4.69) is 35.4 Å². The van der Waals surface area contributed by atoms with Gasteiger partial charge < -0.3 is 91.7 Å². The molecule has 2 aliphatic heterocycles. The van der Waals surface area contributed by atoms with Gasteiger partial charge in [-0.1, -0.05) is 5.21 Å². The average molecular weight is 1270 g/mol. The Bertz CT molecular complexity index is 2980. The summed E-state index contributed by atoms with van der Waals surface area (Å²) in [5.74, 6) is -6.48. The third kappa shape index (κ3) is 22.1. The number of aliphatic hydroxyl groups is 2. The third-order valence-corrected chi connectivity index (χ3v) is 15.7. The van der Waals surface area contributed by atoms with Gasteiger partial charge in [0, 0.05) is 30.8 Å². The number of amides is 1. The maximum Gasteiger partial charge on any atom is 0.340 e. The number of fused-ring (bicyclic) bond motifs is 1. The summed E-state index contributed by atoms with van der Waals surface area (Å²) >= 11 is 6.28. The van der Waals surface area contributed by atoms with Gasteiger partial charge in [-0.3, -0.25) is 18.7 Å². The minimum atomic E-state index is -4.90. The Morgan fingerprint density at radius 3 is 1.94 bits per heavy atom. The van der Waals surface area contributed by atoms with Crippen molar-refractivity contribution in [3.8, 4) is 11.5 Å². The second kappa shape index (κ2) is 33.7. The Morgan fingerprint density at radius 1 is 0.753 bits per heavy atom. The van der Waals surface area contributed by atoms with Crippen LogP contribution in [0.3, 0.4) is 0 Å². The Balaban J connectivity index is 0.635. The maximum atomic E-state index is 13.6. The van der Waals surface area contributed by atoms with Crippen molar-refractivity contribution in [3.63, 3.8) is 0 Å². The van der Waals surface area contributed by atoms with Gasteiger partial charge in [0.15, 0.2) is 29.4 Å². The van der Waals surface area contributed by atoms with Crippen LogP contribution in [0.2, 0.25) is 5.28 Å². The SMILES string of the molecule is O=C(CCOCCOCCOCCOCCn1cc(COCCOCCOCCOCCOc2ccc(C(=O)NC3CN(c4nc(Cl)nc5c4cnn5[C@@H]4O[C@H](COP(=O)(O)CP(=O)(O)O)[C@@H](O)[C@H]4O)C3)cc2)nn1)Oc1c(F)cc(F)cc1F. The van der Waals surface area contributed by atoms with Gasteiger partial charge in [-0.2, -0.15) is 15.1 Å². The molecule has 85 heavy (non-hydrogen) atoms. The largest absolute Gasteiger partial charge is 0.491 e. The predicted octanol–water partition coefficient (Wildman–Crippen LogP) is 1.77. The van der Waals surface area contributed by atoms with E-state index < -0.39 is 81.4 Å². The van der Waals surface area contributed by atoms with Gasteiger partial charge >= 0.3 is 21.2 Å². The second-order valence-corrected chi connectivity index (χ2v) is 22.9. The lowest BCUT2D eigenvalue weighted by atomic mass is 10.1. The van der Waals surface area contributed by atoms with Crippen LogP contribution in [-0.4, -0.2) is 227 Å². The van der Waals surface area contributed by atoms with Crippen LogP contribution in [0, 0.1) is 17.5 Å². The summed E-state index contributed by atoms with van der Waals surface area (Å²) in [6, 6.07) is 7.20. The van der Waals surface area contributed by atoms with Gasteiger partial charge in [0.05, 0.1) is 149 Å². The molecule has 5 aromatic rings. The zero-order valence-electron chi connectivity index (χ0n) is 45.5. The van der Waals surface area contributed by atoms with Crippen molar-refractivity contribution < 1.29 is 113 Å². The number of nitrogens with one attached hydrogen (secondary N) is 1. The number of carbonyl (C=O) groups is 2. The Hall–Kier alpha value is -5.39. The van der Waals surface area contributed by atoms with Gasteiger partial charge in [-0.25, -0.2) is 22.5 Å². The van der Waals surface area contributed by atoms with E-state index in [0.29, 0.717) is 139 Å². The number of hydrogen-bond acceptors (Lipinski definition) is 24. The summed E-state index contributed by atoms with van der Waals surface area (Å²) in [7, 11) is -9.67. The molecule has 0 aliphatic carbocycles. The van der Waals surface area contributed by atoms with Gasteiger partial charge in [0.2, 0.25) is 11.0 Å².